The van der Waals surface area contributed by atoms with Gasteiger partial charge in [0.1, 0.15) is 5.25 Å². The van der Waals surface area contributed by atoms with E-state index in [0.29, 0.717) is 6.61 Å². The van der Waals surface area contributed by atoms with Crippen LogP contribution in [0.3, 0.4) is 0 Å². The van der Waals surface area contributed by atoms with Gasteiger partial charge in [-0.1, -0.05) is 12.1 Å². The summed E-state index contributed by atoms with van der Waals surface area (Å²) in [5.74, 6) is -0.0877. The van der Waals surface area contributed by atoms with Gasteiger partial charge >= 0.3 is 5.97 Å². The van der Waals surface area contributed by atoms with Crippen LogP contribution < -0.4 is 5.32 Å². The SMILES string of the molecule is COCCNCc1ccc(SC2CCOC2=O)cc1. The van der Waals surface area contributed by atoms with Gasteiger partial charge in [0.05, 0.1) is 13.2 Å². The molecule has 0 saturated carbocycles. The first-order valence-corrected chi connectivity index (χ1v) is 7.29. The lowest BCUT2D eigenvalue weighted by Gasteiger charge is -2.07. The van der Waals surface area contributed by atoms with Crippen LogP contribution in [0.5, 0.6) is 0 Å². The van der Waals surface area contributed by atoms with Gasteiger partial charge in [0.15, 0.2) is 0 Å². The van der Waals surface area contributed by atoms with Crippen molar-refractivity contribution in [2.45, 2.75) is 23.1 Å². The van der Waals surface area contributed by atoms with Gasteiger partial charge in [0.2, 0.25) is 0 Å². The van der Waals surface area contributed by atoms with E-state index in [1.807, 2.05) is 0 Å². The Bertz CT molecular complexity index is 408. The molecule has 1 unspecified atom stereocenters. The lowest BCUT2D eigenvalue weighted by molar-refractivity contribution is -0.137. The Labute approximate surface area is 117 Å². The molecule has 0 amide bonds. The van der Waals surface area contributed by atoms with Gasteiger partial charge in [-0.05, 0) is 17.7 Å². The minimum absolute atomic E-state index is 0.0364. The fourth-order valence-corrected chi connectivity index (χ4v) is 2.84. The van der Waals surface area contributed by atoms with Crippen molar-refractivity contribution >= 4 is 17.7 Å². The summed E-state index contributed by atoms with van der Waals surface area (Å²) < 4.78 is 9.93. The number of nitrogens with one attached hydrogen (secondary N) is 1. The van der Waals surface area contributed by atoms with Crippen LogP contribution in [0.4, 0.5) is 0 Å². The molecule has 1 N–H and O–H groups in total. The first kappa shape index (κ1) is 14.4. The third-order valence-electron chi connectivity index (χ3n) is 2.90. The Morgan fingerprint density at radius 2 is 2.21 bits per heavy atom. The third kappa shape index (κ3) is 4.53. The Balaban J connectivity index is 1.79. The minimum atomic E-state index is -0.0877. The molecule has 1 heterocycles. The molecule has 5 heteroatoms. The Morgan fingerprint density at radius 1 is 1.42 bits per heavy atom. The lowest BCUT2D eigenvalue weighted by Crippen LogP contribution is -2.18. The van der Waals surface area contributed by atoms with Crippen LogP contribution in [-0.2, 0) is 20.8 Å². The van der Waals surface area contributed by atoms with E-state index in [-0.39, 0.29) is 11.2 Å². The maximum absolute atomic E-state index is 11.4. The number of thioether (sulfide) groups is 1. The number of hydrogen-bond donors (Lipinski definition) is 1. The second-order valence-electron chi connectivity index (χ2n) is 4.38. The molecule has 0 spiro atoms. The summed E-state index contributed by atoms with van der Waals surface area (Å²) in [5, 5.41) is 3.26. The first-order valence-electron chi connectivity index (χ1n) is 6.41. The summed E-state index contributed by atoms with van der Waals surface area (Å²) >= 11 is 1.59. The smallest absolute Gasteiger partial charge is 0.319 e. The molecule has 1 aliphatic rings. The van der Waals surface area contributed by atoms with Crippen LogP contribution in [0.2, 0.25) is 0 Å². The van der Waals surface area contributed by atoms with Crippen molar-refractivity contribution in [2.24, 2.45) is 0 Å². The summed E-state index contributed by atoms with van der Waals surface area (Å²) in [6, 6.07) is 8.29. The Morgan fingerprint density at radius 3 is 2.84 bits per heavy atom. The van der Waals surface area contributed by atoms with E-state index in [1.165, 1.54) is 5.56 Å². The fraction of sp³-hybridized carbons (Fsp3) is 0.500. The van der Waals surface area contributed by atoms with Crippen LogP contribution >= 0.6 is 11.8 Å². The quantitative estimate of drug-likeness (QED) is 0.610. The third-order valence-corrected chi connectivity index (χ3v) is 4.16. The Kier molecular flexibility index (Phi) is 5.69. The highest BCUT2D eigenvalue weighted by atomic mass is 32.2. The fourth-order valence-electron chi connectivity index (χ4n) is 1.84. The zero-order valence-corrected chi connectivity index (χ0v) is 11.9. The highest BCUT2D eigenvalue weighted by molar-refractivity contribution is 8.00. The molecule has 1 saturated heterocycles. The van der Waals surface area contributed by atoms with Crippen molar-refractivity contribution in [1.29, 1.82) is 0 Å². The van der Waals surface area contributed by atoms with Gasteiger partial charge in [-0.15, -0.1) is 11.8 Å². The number of carbonyl (C=O) groups is 1. The predicted molar refractivity (Wildman–Crippen MR) is 75.2 cm³/mol. The topological polar surface area (TPSA) is 47.6 Å². The van der Waals surface area contributed by atoms with Crippen molar-refractivity contribution in [1.82, 2.24) is 5.32 Å². The van der Waals surface area contributed by atoms with E-state index in [1.54, 1.807) is 18.9 Å². The largest absolute Gasteiger partial charge is 0.465 e. The summed E-state index contributed by atoms with van der Waals surface area (Å²) in [7, 11) is 1.70. The lowest BCUT2D eigenvalue weighted by atomic mass is 10.2. The molecule has 0 bridgehead atoms. The molecule has 104 valence electrons. The van der Waals surface area contributed by atoms with Crippen molar-refractivity contribution in [2.75, 3.05) is 26.9 Å². The molecule has 1 fully saturated rings. The van der Waals surface area contributed by atoms with Crippen LogP contribution in [0.25, 0.3) is 0 Å². The number of rotatable bonds is 7. The van der Waals surface area contributed by atoms with Crippen LogP contribution in [0.15, 0.2) is 29.2 Å². The standard InChI is InChI=1S/C14H19NO3S/c1-17-9-7-15-10-11-2-4-12(5-3-11)19-13-6-8-18-14(13)16/h2-5,13,15H,6-10H2,1H3. The van der Waals surface area contributed by atoms with Gasteiger partial charge in [0, 0.05) is 31.5 Å². The molecule has 1 aromatic rings. The van der Waals surface area contributed by atoms with Crippen LogP contribution in [0, 0.1) is 0 Å². The van der Waals surface area contributed by atoms with E-state index >= 15 is 0 Å². The number of benzene rings is 1. The van der Waals surface area contributed by atoms with Crippen LogP contribution in [-0.4, -0.2) is 38.1 Å². The Hall–Kier alpha value is -1.04. The van der Waals surface area contributed by atoms with Crippen molar-refractivity contribution in [3.63, 3.8) is 0 Å². The number of esters is 1. The summed E-state index contributed by atoms with van der Waals surface area (Å²) in [5.41, 5.74) is 1.23. The summed E-state index contributed by atoms with van der Waals surface area (Å²) in [4.78, 5) is 12.5. The van der Waals surface area contributed by atoms with Crippen molar-refractivity contribution in [3.8, 4) is 0 Å². The van der Waals surface area contributed by atoms with E-state index in [4.69, 9.17) is 9.47 Å². The molecule has 1 aliphatic heterocycles. The van der Waals surface area contributed by atoms with Crippen molar-refractivity contribution < 1.29 is 14.3 Å². The maximum atomic E-state index is 11.4. The molecule has 4 nitrogen and oxygen atoms in total. The number of ether oxygens (including phenoxy) is 2. The van der Waals surface area contributed by atoms with Gasteiger partial charge in [-0.3, -0.25) is 4.79 Å². The maximum Gasteiger partial charge on any atom is 0.319 e. The molecule has 1 atom stereocenters. The molecule has 19 heavy (non-hydrogen) atoms. The normalized spacial score (nSPS) is 18.6. The first-order chi connectivity index (χ1) is 9.29. The average Bonchev–Trinajstić information content (AvgIpc) is 2.82. The zero-order valence-electron chi connectivity index (χ0n) is 11.1. The van der Waals surface area contributed by atoms with E-state index in [0.717, 1.165) is 31.0 Å². The monoisotopic (exact) mass is 281 g/mol. The van der Waals surface area contributed by atoms with Crippen molar-refractivity contribution in [3.05, 3.63) is 29.8 Å². The zero-order chi connectivity index (χ0) is 13.5. The summed E-state index contributed by atoms with van der Waals surface area (Å²) in [6.45, 7) is 2.95. The molecular formula is C14H19NO3S. The van der Waals surface area contributed by atoms with E-state index in [2.05, 4.69) is 29.6 Å². The van der Waals surface area contributed by atoms with Crippen LogP contribution in [0.1, 0.15) is 12.0 Å². The van der Waals surface area contributed by atoms with E-state index < -0.39 is 0 Å². The van der Waals surface area contributed by atoms with Gasteiger partial charge < -0.3 is 14.8 Å². The predicted octanol–water partition coefficient (Wildman–Crippen LogP) is 1.83. The number of carbonyl (C=O) groups excluding carboxylic acids is 1. The number of hydrogen-bond acceptors (Lipinski definition) is 5. The molecule has 0 aliphatic carbocycles. The number of methoxy groups -OCH3 is 1. The summed E-state index contributed by atoms with van der Waals surface area (Å²) in [6.07, 6.45) is 0.809. The highest BCUT2D eigenvalue weighted by Gasteiger charge is 2.27. The van der Waals surface area contributed by atoms with Gasteiger partial charge in [-0.2, -0.15) is 0 Å². The molecule has 0 radical (unpaired) electrons. The minimum Gasteiger partial charge on any atom is -0.465 e. The molecule has 0 aromatic heterocycles. The second-order valence-corrected chi connectivity index (χ2v) is 5.65. The number of cyclic esters (lactones) is 1. The van der Waals surface area contributed by atoms with E-state index in [9.17, 15) is 4.79 Å². The van der Waals surface area contributed by atoms with Gasteiger partial charge in [0.25, 0.3) is 0 Å². The molecule has 2 rings (SSSR count). The average molecular weight is 281 g/mol. The molecular weight excluding hydrogens is 262 g/mol. The highest BCUT2D eigenvalue weighted by Crippen LogP contribution is 2.29. The molecule has 1 aromatic carbocycles. The van der Waals surface area contributed by atoms with Gasteiger partial charge in [-0.25, -0.2) is 0 Å². The second kappa shape index (κ2) is 7.53.